The van der Waals surface area contributed by atoms with Crippen molar-refractivity contribution in [2.75, 3.05) is 11.4 Å². The number of hydrogen-bond donors (Lipinski definition) is 1. The quantitative estimate of drug-likeness (QED) is 0.367. The van der Waals surface area contributed by atoms with Crippen molar-refractivity contribution in [3.63, 3.8) is 0 Å². The lowest BCUT2D eigenvalue weighted by Gasteiger charge is -2.26. The first-order valence-corrected chi connectivity index (χ1v) is 7.48. The molecule has 130 valence electrons. The van der Waals surface area contributed by atoms with E-state index >= 15 is 0 Å². The van der Waals surface area contributed by atoms with Crippen molar-refractivity contribution in [2.24, 2.45) is 5.73 Å². The molecule has 0 aliphatic carbocycles. The molecule has 0 radical (unpaired) electrons. The predicted molar refractivity (Wildman–Crippen MR) is 77.5 cm³/mol. The maximum atomic E-state index is 13.8. The van der Waals surface area contributed by atoms with Crippen LogP contribution >= 0.6 is 0 Å². The van der Waals surface area contributed by atoms with Gasteiger partial charge in [0.1, 0.15) is 16.2 Å². The minimum atomic E-state index is -2.29. The molecule has 0 fully saturated rings. The summed E-state index contributed by atoms with van der Waals surface area (Å²) in [6, 6.07) is -1.32. The van der Waals surface area contributed by atoms with Gasteiger partial charge in [0.2, 0.25) is 5.82 Å². The molecule has 0 aliphatic rings. The Hall–Kier alpha value is -1.68. The van der Waals surface area contributed by atoms with Crippen molar-refractivity contribution in [3.05, 3.63) is 29.1 Å². The number of halogens is 5. The van der Waals surface area contributed by atoms with Gasteiger partial charge in [0.25, 0.3) is 0 Å². The van der Waals surface area contributed by atoms with E-state index in [0.717, 1.165) is 0 Å². The fourth-order valence-electron chi connectivity index (χ4n) is 1.93. The second kappa shape index (κ2) is 7.26. The minimum absolute atomic E-state index is 0.192. The zero-order valence-electron chi connectivity index (χ0n) is 12.9. The van der Waals surface area contributed by atoms with Gasteiger partial charge in [-0.25, -0.2) is 26.7 Å². The Labute approximate surface area is 132 Å². The zero-order chi connectivity index (χ0) is 17.9. The lowest BCUT2D eigenvalue weighted by Crippen LogP contribution is -2.39. The van der Waals surface area contributed by atoms with Gasteiger partial charge in [-0.3, -0.25) is 4.90 Å². The Balaban J connectivity index is 3.15. The lowest BCUT2D eigenvalue weighted by atomic mass is 10.0. The first-order valence-electron chi connectivity index (χ1n) is 6.67. The summed E-state index contributed by atoms with van der Waals surface area (Å²) in [6.07, 6.45) is 0.591. The van der Waals surface area contributed by atoms with Crippen LogP contribution in [0.1, 0.15) is 26.7 Å². The number of primary amides is 1. The van der Waals surface area contributed by atoms with Crippen LogP contribution in [0.15, 0.2) is 0 Å². The van der Waals surface area contributed by atoms with Gasteiger partial charge in [-0.1, -0.05) is 0 Å². The third-order valence-electron chi connectivity index (χ3n) is 3.44. The van der Waals surface area contributed by atoms with E-state index in [1.165, 1.54) is 0 Å². The molecule has 23 heavy (non-hydrogen) atoms. The van der Waals surface area contributed by atoms with Crippen molar-refractivity contribution >= 4 is 22.2 Å². The van der Waals surface area contributed by atoms with Gasteiger partial charge in [0, 0.05) is 12.1 Å². The third-order valence-corrected chi connectivity index (χ3v) is 4.54. The monoisotopic (exact) mass is 356 g/mol. The Morgan fingerprint density at radius 1 is 1.09 bits per heavy atom. The Morgan fingerprint density at radius 3 is 1.91 bits per heavy atom. The number of amides is 2. The van der Waals surface area contributed by atoms with Crippen LogP contribution in [-0.4, -0.2) is 28.7 Å². The fourth-order valence-corrected chi connectivity index (χ4v) is 2.13. The molecule has 0 bridgehead atoms. The largest absolute Gasteiger partial charge is 0.423 e. The van der Waals surface area contributed by atoms with E-state index in [4.69, 9.17) is 10.2 Å². The molecule has 0 atom stereocenters. The molecule has 1 rings (SSSR count). The lowest BCUT2D eigenvalue weighted by molar-refractivity contribution is 0.111. The van der Waals surface area contributed by atoms with E-state index in [9.17, 15) is 26.7 Å². The van der Waals surface area contributed by atoms with Crippen molar-refractivity contribution < 1.29 is 31.2 Å². The highest BCUT2D eigenvalue weighted by atomic mass is 28.2. The molecule has 0 unspecified atom stereocenters. The smallest absolute Gasteiger partial charge is 0.319 e. The summed E-state index contributed by atoms with van der Waals surface area (Å²) in [5.74, 6) is -10.8. The molecule has 2 amide bonds. The predicted octanol–water partition coefficient (Wildman–Crippen LogP) is 2.12. The minimum Gasteiger partial charge on any atom is -0.423 e. The van der Waals surface area contributed by atoms with Gasteiger partial charge in [-0.05, 0) is 26.7 Å². The maximum Gasteiger partial charge on any atom is 0.319 e. The van der Waals surface area contributed by atoms with Gasteiger partial charge < -0.3 is 10.2 Å². The number of nitrogens with two attached hydrogens (primary N) is 1. The van der Waals surface area contributed by atoms with E-state index in [0.29, 0.717) is 21.8 Å². The van der Waals surface area contributed by atoms with E-state index < -0.39 is 46.4 Å². The zero-order valence-corrected chi connectivity index (χ0v) is 14.9. The number of carbonyl (C=O) groups excluding carboxylic acids is 1. The average Bonchev–Trinajstić information content (AvgIpc) is 2.49. The molecular weight excluding hydrogens is 339 g/mol. The first kappa shape index (κ1) is 19.4. The second-order valence-corrected chi connectivity index (χ2v) is 5.88. The summed E-state index contributed by atoms with van der Waals surface area (Å²) in [5.41, 5.74) is 3.15. The molecule has 4 nitrogen and oxygen atoms in total. The Bertz CT molecular complexity index is 584. The summed E-state index contributed by atoms with van der Waals surface area (Å²) < 4.78 is 72.3. The third kappa shape index (κ3) is 4.19. The first-order chi connectivity index (χ1) is 10.5. The summed E-state index contributed by atoms with van der Waals surface area (Å²) in [5, 5.41) is 0. The average molecular weight is 356 g/mol. The molecule has 1 aromatic rings. The topological polar surface area (TPSA) is 55.6 Å². The number of nitrogens with zero attached hydrogens (tertiary/aromatic N) is 1. The van der Waals surface area contributed by atoms with Crippen LogP contribution in [0.4, 0.5) is 32.4 Å². The van der Waals surface area contributed by atoms with Crippen LogP contribution in [0.2, 0.25) is 0 Å². The number of rotatable bonds is 6. The van der Waals surface area contributed by atoms with Gasteiger partial charge >= 0.3 is 6.03 Å². The van der Waals surface area contributed by atoms with E-state index in [1.54, 1.807) is 13.8 Å². The molecule has 0 aliphatic heterocycles. The van der Waals surface area contributed by atoms with Gasteiger partial charge in [-0.15, -0.1) is 0 Å². The van der Waals surface area contributed by atoms with Crippen molar-refractivity contribution in [2.45, 2.75) is 32.3 Å². The van der Waals surface area contributed by atoms with Crippen LogP contribution < -0.4 is 10.6 Å². The van der Waals surface area contributed by atoms with Crippen LogP contribution in [0.3, 0.4) is 0 Å². The highest BCUT2D eigenvalue weighted by Crippen LogP contribution is 2.30. The van der Waals surface area contributed by atoms with Crippen LogP contribution in [0, 0.1) is 29.1 Å². The number of benzene rings is 1. The van der Waals surface area contributed by atoms with Crippen molar-refractivity contribution in [1.82, 2.24) is 0 Å². The van der Waals surface area contributed by atoms with Crippen molar-refractivity contribution in [3.8, 4) is 0 Å². The fraction of sp³-hybridized carbons (Fsp3) is 0.462. The molecule has 0 saturated heterocycles. The molecule has 0 saturated carbocycles. The number of hydrogen-bond acceptors (Lipinski definition) is 2. The molecule has 0 heterocycles. The van der Waals surface area contributed by atoms with E-state index in [1.807, 2.05) is 0 Å². The number of carbonyl (C=O) groups is 1. The Kier molecular flexibility index (Phi) is 6.11. The maximum absolute atomic E-state index is 13.8. The summed E-state index contributed by atoms with van der Waals surface area (Å²) in [7, 11) is 0.460. The molecule has 2 N–H and O–H groups in total. The second-order valence-electron chi connectivity index (χ2n) is 5.48. The SMILES string of the molecule is CC(C)(CCCN(C(N)=O)c1c(F)c(F)c(F)c(F)c1F)O[SiH3]. The van der Waals surface area contributed by atoms with Crippen LogP contribution in [0.25, 0.3) is 0 Å². The molecular formula is C13H17F5N2O2Si. The van der Waals surface area contributed by atoms with E-state index in [-0.39, 0.29) is 13.0 Å². The highest BCUT2D eigenvalue weighted by molar-refractivity contribution is 5.98. The van der Waals surface area contributed by atoms with Crippen LogP contribution in [-0.2, 0) is 4.43 Å². The molecule has 0 spiro atoms. The summed E-state index contributed by atoms with van der Waals surface area (Å²) in [4.78, 5) is 11.7. The number of urea groups is 1. The Morgan fingerprint density at radius 2 is 1.52 bits per heavy atom. The summed E-state index contributed by atoms with van der Waals surface area (Å²) in [6.45, 7) is 3.22. The standard InChI is InChI=1S/C13H17F5N2O2Si/c1-13(2,22-23)4-3-5-20(12(19)21)11-9(17)7(15)6(14)8(16)10(11)18/h3-5H2,1-2,23H3,(H2,19,21). The van der Waals surface area contributed by atoms with E-state index in [2.05, 4.69) is 0 Å². The highest BCUT2D eigenvalue weighted by Gasteiger charge is 2.31. The molecule has 1 aromatic carbocycles. The molecule has 0 aromatic heterocycles. The van der Waals surface area contributed by atoms with Gasteiger partial charge in [-0.2, -0.15) is 0 Å². The van der Waals surface area contributed by atoms with Gasteiger partial charge in [0.05, 0.1) is 0 Å². The number of anilines is 1. The summed E-state index contributed by atoms with van der Waals surface area (Å²) >= 11 is 0. The van der Waals surface area contributed by atoms with Crippen molar-refractivity contribution in [1.29, 1.82) is 0 Å². The normalized spacial score (nSPS) is 11.8. The molecule has 10 heteroatoms. The van der Waals surface area contributed by atoms with Gasteiger partial charge in [0.15, 0.2) is 23.3 Å². The van der Waals surface area contributed by atoms with Crippen LogP contribution in [0.5, 0.6) is 0 Å².